The van der Waals surface area contributed by atoms with Crippen molar-refractivity contribution in [3.63, 3.8) is 0 Å². The van der Waals surface area contributed by atoms with Gasteiger partial charge in [0.25, 0.3) is 5.69 Å². The molecule has 0 aromatic heterocycles. The summed E-state index contributed by atoms with van der Waals surface area (Å²) in [5.74, 6) is 0.550. The van der Waals surface area contributed by atoms with E-state index in [4.69, 9.17) is 10.5 Å². The van der Waals surface area contributed by atoms with Crippen LogP contribution in [-0.2, 0) is 4.79 Å². The summed E-state index contributed by atoms with van der Waals surface area (Å²) in [7, 11) is 0. The molecule has 0 atom stereocenters. The fourth-order valence-electron chi connectivity index (χ4n) is 3.23. The zero-order valence-electron chi connectivity index (χ0n) is 13.2. The van der Waals surface area contributed by atoms with Gasteiger partial charge in [-0.15, -0.1) is 0 Å². The summed E-state index contributed by atoms with van der Waals surface area (Å²) in [6.07, 6.45) is 1.25. The van der Waals surface area contributed by atoms with E-state index in [9.17, 15) is 14.9 Å². The number of amides is 1. The number of hydrogen-bond acceptors (Lipinski definition) is 5. The molecule has 2 aliphatic rings. The van der Waals surface area contributed by atoms with Crippen LogP contribution in [0.2, 0.25) is 0 Å². The highest BCUT2D eigenvalue weighted by Gasteiger charge is 2.39. The third kappa shape index (κ3) is 2.46. The van der Waals surface area contributed by atoms with Crippen LogP contribution in [0.4, 0.5) is 5.69 Å². The normalized spacial score (nSPS) is 19.6. The standard InChI is InChI=1S/C16H19N3O4/c1-16(2)12(9-17)15(18-7-3-4-14(18)20)11-8-10(19(21)22)5-6-13(11)23-16/h5-6,8H,3-4,7,9,17H2,1-2H3. The smallest absolute Gasteiger partial charge is 0.270 e. The number of nitro benzene ring substituents is 1. The molecule has 0 radical (unpaired) electrons. The predicted molar refractivity (Wildman–Crippen MR) is 84.7 cm³/mol. The molecule has 2 heterocycles. The molecule has 7 nitrogen and oxygen atoms in total. The zero-order chi connectivity index (χ0) is 16.8. The maximum Gasteiger partial charge on any atom is 0.270 e. The van der Waals surface area contributed by atoms with E-state index >= 15 is 0 Å². The van der Waals surface area contributed by atoms with Crippen LogP contribution in [0, 0.1) is 10.1 Å². The molecule has 23 heavy (non-hydrogen) atoms. The van der Waals surface area contributed by atoms with Crippen molar-refractivity contribution in [2.45, 2.75) is 32.3 Å². The highest BCUT2D eigenvalue weighted by Crippen LogP contribution is 2.44. The minimum Gasteiger partial charge on any atom is -0.483 e. The maximum absolute atomic E-state index is 12.3. The van der Waals surface area contributed by atoms with Gasteiger partial charge in [-0.1, -0.05) is 0 Å². The molecule has 122 valence electrons. The van der Waals surface area contributed by atoms with Gasteiger partial charge in [0, 0.05) is 42.8 Å². The summed E-state index contributed by atoms with van der Waals surface area (Å²) >= 11 is 0. The van der Waals surface area contributed by atoms with Crippen LogP contribution < -0.4 is 10.5 Å². The number of non-ortho nitro benzene ring substituents is 1. The molecule has 0 saturated carbocycles. The van der Waals surface area contributed by atoms with Crippen LogP contribution in [-0.4, -0.2) is 34.4 Å². The van der Waals surface area contributed by atoms with E-state index in [0.29, 0.717) is 30.0 Å². The average molecular weight is 317 g/mol. The second-order valence-corrected chi connectivity index (χ2v) is 6.23. The van der Waals surface area contributed by atoms with Crippen molar-refractivity contribution in [1.29, 1.82) is 0 Å². The van der Waals surface area contributed by atoms with Crippen molar-refractivity contribution in [2.24, 2.45) is 5.73 Å². The second-order valence-electron chi connectivity index (χ2n) is 6.23. The Labute approximate surface area is 133 Å². The summed E-state index contributed by atoms with van der Waals surface area (Å²) < 4.78 is 5.98. The van der Waals surface area contributed by atoms with E-state index in [1.165, 1.54) is 12.1 Å². The van der Waals surface area contributed by atoms with Gasteiger partial charge in [-0.05, 0) is 26.3 Å². The number of rotatable bonds is 3. The van der Waals surface area contributed by atoms with Crippen LogP contribution in [0.5, 0.6) is 5.75 Å². The highest BCUT2D eigenvalue weighted by atomic mass is 16.6. The van der Waals surface area contributed by atoms with Crippen LogP contribution in [0.1, 0.15) is 32.3 Å². The first kappa shape index (κ1) is 15.5. The average Bonchev–Trinajstić information content (AvgIpc) is 2.90. The fraction of sp³-hybridized carbons (Fsp3) is 0.438. The lowest BCUT2D eigenvalue weighted by Crippen LogP contribution is -2.41. The third-order valence-corrected chi connectivity index (χ3v) is 4.35. The maximum atomic E-state index is 12.3. The van der Waals surface area contributed by atoms with Crippen molar-refractivity contribution >= 4 is 17.3 Å². The molecule has 2 aliphatic heterocycles. The number of carbonyl (C=O) groups is 1. The molecule has 1 aromatic rings. The van der Waals surface area contributed by atoms with Gasteiger partial charge in [0.05, 0.1) is 10.6 Å². The predicted octanol–water partition coefficient (Wildman–Crippen LogP) is 2.06. The Kier molecular flexibility index (Phi) is 3.60. The van der Waals surface area contributed by atoms with Gasteiger partial charge in [0.2, 0.25) is 5.91 Å². The van der Waals surface area contributed by atoms with E-state index in [1.807, 2.05) is 13.8 Å². The van der Waals surface area contributed by atoms with E-state index in [2.05, 4.69) is 0 Å². The Hall–Kier alpha value is -2.41. The Balaban J connectivity index is 2.25. The number of fused-ring (bicyclic) bond motifs is 1. The number of hydrogen-bond donors (Lipinski definition) is 1. The van der Waals surface area contributed by atoms with Gasteiger partial charge in [-0.2, -0.15) is 0 Å². The van der Waals surface area contributed by atoms with Crippen molar-refractivity contribution < 1.29 is 14.5 Å². The quantitative estimate of drug-likeness (QED) is 0.679. The topological polar surface area (TPSA) is 98.7 Å². The summed E-state index contributed by atoms with van der Waals surface area (Å²) in [4.78, 5) is 24.6. The number of ether oxygens (including phenoxy) is 1. The number of nitrogens with zero attached hydrogens (tertiary/aromatic N) is 2. The Morgan fingerprint density at radius 2 is 2.17 bits per heavy atom. The number of likely N-dealkylation sites (tertiary alicyclic amines) is 1. The van der Waals surface area contributed by atoms with Gasteiger partial charge < -0.3 is 15.4 Å². The fourth-order valence-corrected chi connectivity index (χ4v) is 3.23. The lowest BCUT2D eigenvalue weighted by Gasteiger charge is -2.39. The Morgan fingerprint density at radius 1 is 1.43 bits per heavy atom. The first-order valence-electron chi connectivity index (χ1n) is 7.57. The van der Waals surface area contributed by atoms with Crippen molar-refractivity contribution in [3.05, 3.63) is 39.4 Å². The minimum absolute atomic E-state index is 0.0149. The molecular weight excluding hydrogens is 298 g/mol. The van der Waals surface area contributed by atoms with Gasteiger partial charge >= 0.3 is 0 Å². The molecule has 1 fully saturated rings. The first-order chi connectivity index (χ1) is 10.8. The molecular formula is C16H19N3O4. The molecule has 0 unspecified atom stereocenters. The van der Waals surface area contributed by atoms with Crippen molar-refractivity contribution in [3.8, 4) is 5.75 Å². The molecule has 3 rings (SSSR count). The van der Waals surface area contributed by atoms with E-state index in [0.717, 1.165) is 12.0 Å². The van der Waals surface area contributed by atoms with E-state index in [1.54, 1.807) is 11.0 Å². The van der Waals surface area contributed by atoms with Crippen LogP contribution >= 0.6 is 0 Å². The number of benzene rings is 1. The number of nitro groups is 1. The largest absolute Gasteiger partial charge is 0.483 e. The SMILES string of the molecule is CC1(C)Oc2ccc([N+](=O)[O-])cc2C(N2CCCC2=O)=C1CN. The van der Waals surface area contributed by atoms with Gasteiger partial charge in [-0.25, -0.2) is 0 Å². The van der Waals surface area contributed by atoms with Crippen molar-refractivity contribution in [2.75, 3.05) is 13.1 Å². The minimum atomic E-state index is -0.671. The molecule has 1 saturated heterocycles. The summed E-state index contributed by atoms with van der Waals surface area (Å²) in [5, 5.41) is 11.1. The summed E-state index contributed by atoms with van der Waals surface area (Å²) in [6.45, 7) is 4.59. The highest BCUT2D eigenvalue weighted by molar-refractivity contribution is 5.92. The number of nitrogens with two attached hydrogens (primary N) is 1. The molecule has 0 spiro atoms. The van der Waals surface area contributed by atoms with Crippen molar-refractivity contribution in [1.82, 2.24) is 4.90 Å². The lowest BCUT2D eigenvalue weighted by atomic mass is 9.88. The van der Waals surface area contributed by atoms with Crippen LogP contribution in [0.3, 0.4) is 0 Å². The van der Waals surface area contributed by atoms with Gasteiger partial charge in [0.1, 0.15) is 11.4 Å². The second kappa shape index (κ2) is 5.34. The molecule has 7 heteroatoms. The first-order valence-corrected chi connectivity index (χ1v) is 7.57. The lowest BCUT2D eigenvalue weighted by molar-refractivity contribution is -0.384. The summed E-state index contributed by atoms with van der Waals surface area (Å²) in [6, 6.07) is 4.45. The van der Waals surface area contributed by atoms with E-state index < -0.39 is 10.5 Å². The third-order valence-electron chi connectivity index (χ3n) is 4.35. The zero-order valence-corrected chi connectivity index (χ0v) is 13.2. The summed E-state index contributed by atoms with van der Waals surface area (Å²) in [5.41, 5.74) is 7.24. The molecule has 0 aliphatic carbocycles. The Bertz CT molecular complexity index is 724. The van der Waals surface area contributed by atoms with Gasteiger partial charge in [0.15, 0.2) is 0 Å². The van der Waals surface area contributed by atoms with Crippen LogP contribution in [0.15, 0.2) is 23.8 Å². The number of carbonyl (C=O) groups excluding carboxylic acids is 1. The molecule has 0 bridgehead atoms. The monoisotopic (exact) mass is 317 g/mol. The molecule has 1 amide bonds. The Morgan fingerprint density at radius 3 is 2.74 bits per heavy atom. The van der Waals surface area contributed by atoms with E-state index in [-0.39, 0.29) is 18.1 Å². The van der Waals surface area contributed by atoms with Gasteiger partial charge in [-0.3, -0.25) is 14.9 Å². The molecule has 1 aromatic carbocycles. The molecule has 2 N–H and O–H groups in total. The van der Waals surface area contributed by atoms with Crippen LogP contribution in [0.25, 0.3) is 5.70 Å².